The van der Waals surface area contributed by atoms with Crippen LogP contribution in [0.25, 0.3) is 0 Å². The van der Waals surface area contributed by atoms with Crippen molar-refractivity contribution in [3.8, 4) is 11.5 Å². The third-order valence-electron chi connectivity index (χ3n) is 3.23. The molecule has 0 atom stereocenters. The minimum absolute atomic E-state index is 0.129. The molecule has 0 aliphatic carbocycles. The van der Waals surface area contributed by atoms with Gasteiger partial charge >= 0.3 is 0 Å². The molecule has 1 amide bonds. The first kappa shape index (κ1) is 17.2. The Balaban J connectivity index is 1.84. The summed E-state index contributed by atoms with van der Waals surface area (Å²) in [5, 5.41) is 3.24. The third-order valence-corrected chi connectivity index (χ3v) is 3.52. The van der Waals surface area contributed by atoms with Gasteiger partial charge in [0.1, 0.15) is 11.5 Å². The Labute approximate surface area is 141 Å². The van der Waals surface area contributed by atoms with Crippen LogP contribution in [0.15, 0.2) is 36.4 Å². The average Bonchev–Trinajstić information content (AvgIpc) is 2.46. The number of rotatable bonds is 6. The van der Waals surface area contributed by atoms with Crippen molar-refractivity contribution >= 4 is 23.2 Å². The minimum atomic E-state index is -0.129. The highest BCUT2D eigenvalue weighted by atomic mass is 35.5. The van der Waals surface area contributed by atoms with E-state index in [0.29, 0.717) is 23.1 Å². The maximum absolute atomic E-state index is 11.9. The molecule has 2 aromatic rings. The van der Waals surface area contributed by atoms with Crippen molar-refractivity contribution in [1.82, 2.24) is 0 Å². The highest BCUT2D eigenvalue weighted by Gasteiger charge is 2.06. The molecule has 0 heterocycles. The summed E-state index contributed by atoms with van der Waals surface area (Å²) in [7, 11) is 1.55. The number of nitrogens with one attached hydrogen (secondary N) is 1. The fourth-order valence-electron chi connectivity index (χ4n) is 2.25. The summed E-state index contributed by atoms with van der Waals surface area (Å²) in [6.45, 7) is 4.35. The Bertz CT molecular complexity index is 680. The number of anilines is 1. The van der Waals surface area contributed by atoms with Crippen LogP contribution in [-0.2, 0) is 4.79 Å². The quantitative estimate of drug-likeness (QED) is 0.853. The predicted molar refractivity (Wildman–Crippen MR) is 92.7 cm³/mol. The van der Waals surface area contributed by atoms with Gasteiger partial charge in [-0.05, 0) is 55.3 Å². The Morgan fingerprint density at radius 2 is 1.83 bits per heavy atom. The number of methoxy groups -OCH3 is 1. The van der Waals surface area contributed by atoms with E-state index in [1.807, 2.05) is 26.0 Å². The van der Waals surface area contributed by atoms with Crippen molar-refractivity contribution in [3.63, 3.8) is 0 Å². The number of ether oxygens (including phenoxy) is 2. The van der Waals surface area contributed by atoms with Gasteiger partial charge in [-0.15, -0.1) is 0 Å². The molecule has 2 aromatic carbocycles. The summed E-state index contributed by atoms with van der Waals surface area (Å²) in [6.07, 6.45) is 0.261. The third kappa shape index (κ3) is 5.18. The summed E-state index contributed by atoms with van der Waals surface area (Å²) in [5.41, 5.74) is 2.90. The Morgan fingerprint density at radius 3 is 2.43 bits per heavy atom. The van der Waals surface area contributed by atoms with Crippen LogP contribution in [-0.4, -0.2) is 19.6 Å². The van der Waals surface area contributed by atoms with Crippen LogP contribution < -0.4 is 14.8 Å². The second kappa shape index (κ2) is 7.88. The first-order chi connectivity index (χ1) is 11.0. The van der Waals surface area contributed by atoms with Crippen LogP contribution in [0.1, 0.15) is 17.5 Å². The summed E-state index contributed by atoms with van der Waals surface area (Å²) in [4.78, 5) is 11.9. The second-order valence-corrected chi connectivity index (χ2v) is 5.73. The molecule has 0 radical (unpaired) electrons. The van der Waals surface area contributed by atoms with Crippen LogP contribution in [0, 0.1) is 13.8 Å². The lowest BCUT2D eigenvalue weighted by Crippen LogP contribution is -2.15. The van der Waals surface area contributed by atoms with Crippen molar-refractivity contribution in [3.05, 3.63) is 52.5 Å². The van der Waals surface area contributed by atoms with E-state index >= 15 is 0 Å². The molecule has 0 saturated heterocycles. The monoisotopic (exact) mass is 333 g/mol. The molecule has 0 bridgehead atoms. The molecule has 0 spiro atoms. The molecule has 0 fully saturated rings. The van der Waals surface area contributed by atoms with Crippen molar-refractivity contribution in [2.75, 3.05) is 19.0 Å². The van der Waals surface area contributed by atoms with E-state index in [1.54, 1.807) is 25.3 Å². The normalized spacial score (nSPS) is 10.3. The number of carbonyl (C=O) groups is 1. The van der Waals surface area contributed by atoms with Crippen molar-refractivity contribution in [1.29, 1.82) is 0 Å². The highest BCUT2D eigenvalue weighted by Crippen LogP contribution is 2.27. The van der Waals surface area contributed by atoms with E-state index in [9.17, 15) is 4.79 Å². The molecule has 2 rings (SSSR count). The molecule has 5 heteroatoms. The predicted octanol–water partition coefficient (Wildman–Crippen LogP) is 4.37. The zero-order valence-electron chi connectivity index (χ0n) is 13.5. The van der Waals surface area contributed by atoms with Crippen LogP contribution in [0.3, 0.4) is 0 Å². The van der Waals surface area contributed by atoms with Crippen molar-refractivity contribution in [2.24, 2.45) is 0 Å². The van der Waals surface area contributed by atoms with E-state index in [2.05, 4.69) is 11.4 Å². The van der Waals surface area contributed by atoms with Gasteiger partial charge in [-0.25, -0.2) is 0 Å². The van der Waals surface area contributed by atoms with E-state index in [1.165, 1.54) is 0 Å². The van der Waals surface area contributed by atoms with Gasteiger partial charge in [-0.2, -0.15) is 0 Å². The van der Waals surface area contributed by atoms with Gasteiger partial charge < -0.3 is 14.8 Å². The zero-order valence-corrected chi connectivity index (χ0v) is 14.2. The van der Waals surface area contributed by atoms with Crippen LogP contribution in [0.2, 0.25) is 5.02 Å². The molecule has 122 valence electrons. The molecular weight excluding hydrogens is 314 g/mol. The highest BCUT2D eigenvalue weighted by molar-refractivity contribution is 6.32. The van der Waals surface area contributed by atoms with E-state index in [-0.39, 0.29) is 12.3 Å². The number of aryl methyl sites for hydroxylation is 2. The van der Waals surface area contributed by atoms with Crippen molar-refractivity contribution < 1.29 is 14.3 Å². The Morgan fingerprint density at radius 1 is 1.13 bits per heavy atom. The molecule has 4 nitrogen and oxygen atoms in total. The number of hydrogen-bond donors (Lipinski definition) is 1. The summed E-state index contributed by atoms with van der Waals surface area (Å²) < 4.78 is 10.7. The average molecular weight is 334 g/mol. The fourth-order valence-corrected chi connectivity index (χ4v) is 2.50. The molecule has 0 saturated carbocycles. The number of carbonyl (C=O) groups excluding carboxylic acids is 1. The second-order valence-electron chi connectivity index (χ2n) is 5.32. The Kier molecular flexibility index (Phi) is 5.88. The topological polar surface area (TPSA) is 47.6 Å². The maximum Gasteiger partial charge on any atom is 0.227 e. The molecule has 0 aliphatic heterocycles. The molecule has 0 aromatic heterocycles. The van der Waals surface area contributed by atoms with Gasteiger partial charge in [0.25, 0.3) is 0 Å². The minimum Gasteiger partial charge on any atom is -0.495 e. The standard InChI is InChI=1S/C18H20ClNO3/c1-12-8-13(2)10-15(9-12)23-7-6-18(21)20-14-4-5-17(22-3)16(19)11-14/h4-5,8-11H,6-7H2,1-3H3,(H,20,21). The lowest BCUT2D eigenvalue weighted by Gasteiger charge is -2.10. The molecule has 0 unspecified atom stereocenters. The largest absolute Gasteiger partial charge is 0.495 e. The lowest BCUT2D eigenvalue weighted by atomic mass is 10.1. The number of benzene rings is 2. The Hall–Kier alpha value is -2.20. The van der Waals surface area contributed by atoms with Crippen LogP contribution >= 0.6 is 11.6 Å². The summed E-state index contributed by atoms with van der Waals surface area (Å²) in [6, 6.07) is 11.1. The van der Waals surface area contributed by atoms with Crippen LogP contribution in [0.4, 0.5) is 5.69 Å². The maximum atomic E-state index is 11.9. The first-order valence-corrected chi connectivity index (χ1v) is 7.70. The van der Waals surface area contributed by atoms with Gasteiger partial charge in [-0.1, -0.05) is 17.7 Å². The molecule has 0 aliphatic rings. The van der Waals surface area contributed by atoms with Gasteiger partial charge in [0.2, 0.25) is 5.91 Å². The number of amides is 1. The van der Waals surface area contributed by atoms with Gasteiger partial charge in [0, 0.05) is 5.69 Å². The summed E-state index contributed by atoms with van der Waals surface area (Å²) >= 11 is 6.03. The van der Waals surface area contributed by atoms with Crippen molar-refractivity contribution in [2.45, 2.75) is 20.3 Å². The van der Waals surface area contributed by atoms with Crippen LogP contribution in [0.5, 0.6) is 11.5 Å². The van der Waals surface area contributed by atoms with E-state index in [0.717, 1.165) is 16.9 Å². The van der Waals surface area contributed by atoms with Gasteiger partial charge in [0.05, 0.1) is 25.2 Å². The van der Waals surface area contributed by atoms with E-state index in [4.69, 9.17) is 21.1 Å². The van der Waals surface area contributed by atoms with Gasteiger partial charge in [-0.3, -0.25) is 4.79 Å². The van der Waals surface area contributed by atoms with Gasteiger partial charge in [0.15, 0.2) is 0 Å². The number of hydrogen-bond acceptors (Lipinski definition) is 3. The molecule has 23 heavy (non-hydrogen) atoms. The zero-order chi connectivity index (χ0) is 16.8. The fraction of sp³-hybridized carbons (Fsp3) is 0.278. The first-order valence-electron chi connectivity index (χ1n) is 7.32. The lowest BCUT2D eigenvalue weighted by molar-refractivity contribution is -0.116. The molecule has 1 N–H and O–H groups in total. The smallest absolute Gasteiger partial charge is 0.227 e. The summed E-state index contributed by atoms with van der Waals surface area (Å²) in [5.74, 6) is 1.22. The SMILES string of the molecule is COc1ccc(NC(=O)CCOc2cc(C)cc(C)c2)cc1Cl. The number of halogens is 1. The van der Waals surface area contributed by atoms with E-state index < -0.39 is 0 Å². The molecular formula is C18H20ClNO3.